The van der Waals surface area contributed by atoms with Crippen molar-refractivity contribution in [3.8, 4) is 0 Å². The van der Waals surface area contributed by atoms with Crippen molar-refractivity contribution in [1.82, 2.24) is 4.57 Å². The topological polar surface area (TPSA) is 68.5 Å². The maximum atomic E-state index is 12.8. The van der Waals surface area contributed by atoms with Crippen LogP contribution in [0.5, 0.6) is 0 Å². The summed E-state index contributed by atoms with van der Waals surface area (Å²) in [5.74, 6) is -0.978. The van der Waals surface area contributed by atoms with E-state index in [2.05, 4.69) is 0 Å². The molecule has 0 saturated carbocycles. The van der Waals surface area contributed by atoms with Crippen molar-refractivity contribution in [2.45, 2.75) is 33.1 Å². The lowest BCUT2D eigenvalue weighted by molar-refractivity contribution is -0.149. The van der Waals surface area contributed by atoms with Crippen LogP contribution in [0.15, 0.2) is 72.9 Å². The minimum atomic E-state index is -0.978. The Labute approximate surface area is 176 Å². The van der Waals surface area contributed by atoms with Crippen LogP contribution in [0.25, 0.3) is 6.08 Å². The first kappa shape index (κ1) is 21.3. The van der Waals surface area contributed by atoms with Gasteiger partial charge in [0.25, 0.3) is 0 Å². The van der Waals surface area contributed by atoms with Gasteiger partial charge in [-0.1, -0.05) is 60.2 Å². The number of benzene rings is 2. The zero-order chi connectivity index (χ0) is 21.5. The first-order chi connectivity index (χ1) is 14.4. The van der Waals surface area contributed by atoms with Gasteiger partial charge in [0.2, 0.25) is 5.78 Å². The Morgan fingerprint density at radius 2 is 1.87 bits per heavy atom. The number of rotatable bonds is 9. The number of ketones is 1. The molecule has 5 heteroatoms. The highest BCUT2D eigenvalue weighted by atomic mass is 16.5. The van der Waals surface area contributed by atoms with E-state index in [1.54, 1.807) is 0 Å². The number of ether oxygens (including phenoxy) is 1. The molecule has 0 amide bonds. The van der Waals surface area contributed by atoms with E-state index in [9.17, 15) is 9.59 Å². The van der Waals surface area contributed by atoms with E-state index < -0.39 is 12.1 Å². The molecule has 1 atom stereocenters. The summed E-state index contributed by atoms with van der Waals surface area (Å²) in [5.41, 5.74) is 4.33. The first-order valence-corrected chi connectivity index (χ1v) is 9.80. The number of nitrogens with zero attached hydrogens (tertiary/aromatic N) is 1. The number of aryl methyl sites for hydroxylation is 1. The van der Waals surface area contributed by atoms with E-state index in [0.717, 1.165) is 16.7 Å². The minimum Gasteiger partial charge on any atom is -0.479 e. The molecular weight excluding hydrogens is 378 g/mol. The molecule has 1 N–H and O–H groups in total. The number of carbonyl (C=O) groups excluding carboxylic acids is 1. The van der Waals surface area contributed by atoms with Crippen molar-refractivity contribution in [3.05, 3.63) is 101 Å². The molecule has 0 spiro atoms. The number of allylic oxidation sites excluding steroid dienone is 1. The lowest BCUT2D eigenvalue weighted by Crippen LogP contribution is -2.19. The Bertz CT molecular complexity index is 1050. The summed E-state index contributed by atoms with van der Waals surface area (Å²) in [7, 11) is 0. The van der Waals surface area contributed by atoms with Gasteiger partial charge < -0.3 is 14.4 Å². The zero-order valence-electron chi connectivity index (χ0n) is 17.1. The number of hydrogen-bond donors (Lipinski definition) is 1. The Morgan fingerprint density at radius 3 is 2.60 bits per heavy atom. The van der Waals surface area contributed by atoms with E-state index in [1.807, 2.05) is 90.5 Å². The smallest absolute Gasteiger partial charge is 0.332 e. The van der Waals surface area contributed by atoms with Gasteiger partial charge in [-0.3, -0.25) is 4.79 Å². The Balaban J connectivity index is 1.64. The molecule has 1 aromatic heterocycles. The van der Waals surface area contributed by atoms with Crippen LogP contribution < -0.4 is 0 Å². The number of aromatic nitrogens is 1. The molecule has 0 aliphatic carbocycles. The Morgan fingerprint density at radius 1 is 1.10 bits per heavy atom. The monoisotopic (exact) mass is 403 g/mol. The van der Waals surface area contributed by atoms with Gasteiger partial charge in [-0.15, -0.1) is 0 Å². The average molecular weight is 403 g/mol. The Hall–Kier alpha value is -3.44. The third-order valence-corrected chi connectivity index (χ3v) is 4.79. The summed E-state index contributed by atoms with van der Waals surface area (Å²) in [5, 5.41) is 8.91. The maximum absolute atomic E-state index is 12.8. The lowest BCUT2D eigenvalue weighted by atomic mass is 10.1. The van der Waals surface area contributed by atoms with Crippen molar-refractivity contribution in [2.24, 2.45) is 0 Å². The second-order valence-electron chi connectivity index (χ2n) is 7.18. The van der Waals surface area contributed by atoms with Gasteiger partial charge in [-0.05, 0) is 43.2 Å². The normalized spacial score (nSPS) is 12.2. The van der Waals surface area contributed by atoms with Crippen molar-refractivity contribution >= 4 is 17.8 Å². The van der Waals surface area contributed by atoms with Crippen molar-refractivity contribution in [2.75, 3.05) is 0 Å². The van der Waals surface area contributed by atoms with E-state index in [4.69, 9.17) is 9.84 Å². The molecule has 0 aliphatic heterocycles. The standard InChI is InChI=1S/C25H25NO4/c1-18-10-12-22(13-11-18)24(27)23-9-5-15-26(23)14-4-8-20-6-3-7-21(16-20)17-30-19(2)25(28)29/h3-13,15-16,19H,14,17H2,1-2H3,(H,28,29)/b8-4+/t19-/m1/s1. The van der Waals surface area contributed by atoms with Gasteiger partial charge in [0.15, 0.2) is 6.10 Å². The molecule has 0 unspecified atom stereocenters. The van der Waals surface area contributed by atoms with Crippen LogP contribution in [0.2, 0.25) is 0 Å². The Kier molecular flexibility index (Phi) is 6.99. The molecule has 154 valence electrons. The summed E-state index contributed by atoms with van der Waals surface area (Å²) in [6.07, 6.45) is 5.02. The summed E-state index contributed by atoms with van der Waals surface area (Å²) in [6, 6.07) is 19.0. The second kappa shape index (κ2) is 9.85. The molecule has 30 heavy (non-hydrogen) atoms. The maximum Gasteiger partial charge on any atom is 0.332 e. The van der Waals surface area contributed by atoms with Gasteiger partial charge in [0.1, 0.15) is 0 Å². The highest BCUT2D eigenvalue weighted by molar-refractivity contribution is 6.08. The third kappa shape index (κ3) is 5.55. The second-order valence-corrected chi connectivity index (χ2v) is 7.18. The fraction of sp³-hybridized carbons (Fsp3) is 0.200. The van der Waals surface area contributed by atoms with Gasteiger partial charge in [0, 0.05) is 18.3 Å². The molecule has 0 saturated heterocycles. The molecule has 2 aromatic carbocycles. The summed E-state index contributed by atoms with van der Waals surface area (Å²) >= 11 is 0. The minimum absolute atomic E-state index is 0.0000893. The highest BCUT2D eigenvalue weighted by Crippen LogP contribution is 2.14. The molecule has 1 heterocycles. The molecular formula is C25H25NO4. The van der Waals surface area contributed by atoms with Gasteiger partial charge in [0.05, 0.1) is 12.3 Å². The predicted molar refractivity (Wildman–Crippen MR) is 116 cm³/mol. The fourth-order valence-corrected chi connectivity index (χ4v) is 3.01. The zero-order valence-corrected chi connectivity index (χ0v) is 17.1. The fourth-order valence-electron chi connectivity index (χ4n) is 3.01. The third-order valence-electron chi connectivity index (χ3n) is 4.79. The van der Waals surface area contributed by atoms with Gasteiger partial charge in [-0.25, -0.2) is 4.79 Å². The van der Waals surface area contributed by atoms with Crippen LogP contribution >= 0.6 is 0 Å². The molecule has 0 radical (unpaired) electrons. The number of hydrogen-bond acceptors (Lipinski definition) is 3. The van der Waals surface area contributed by atoms with Crippen molar-refractivity contribution in [3.63, 3.8) is 0 Å². The van der Waals surface area contributed by atoms with Crippen LogP contribution in [0.1, 0.15) is 39.7 Å². The lowest BCUT2D eigenvalue weighted by Gasteiger charge is -2.09. The van der Waals surface area contributed by atoms with Crippen LogP contribution in [0, 0.1) is 6.92 Å². The summed E-state index contributed by atoms with van der Waals surface area (Å²) in [4.78, 5) is 23.7. The highest BCUT2D eigenvalue weighted by Gasteiger charge is 2.13. The van der Waals surface area contributed by atoms with E-state index in [1.165, 1.54) is 6.92 Å². The number of aliphatic carboxylic acids is 1. The molecule has 0 aliphatic rings. The molecule has 0 bridgehead atoms. The van der Waals surface area contributed by atoms with Crippen LogP contribution in [0.3, 0.4) is 0 Å². The largest absolute Gasteiger partial charge is 0.479 e. The number of carboxylic acid groups (broad SMARTS) is 1. The van der Waals surface area contributed by atoms with E-state index in [0.29, 0.717) is 17.8 Å². The van der Waals surface area contributed by atoms with E-state index >= 15 is 0 Å². The first-order valence-electron chi connectivity index (χ1n) is 9.80. The summed E-state index contributed by atoms with van der Waals surface area (Å²) in [6.45, 7) is 4.31. The van der Waals surface area contributed by atoms with E-state index in [-0.39, 0.29) is 12.4 Å². The van der Waals surface area contributed by atoms with Gasteiger partial charge >= 0.3 is 5.97 Å². The van der Waals surface area contributed by atoms with Crippen LogP contribution in [0.4, 0.5) is 0 Å². The quantitative estimate of drug-likeness (QED) is 0.525. The summed E-state index contributed by atoms with van der Waals surface area (Å²) < 4.78 is 7.25. The van der Waals surface area contributed by atoms with Gasteiger partial charge in [-0.2, -0.15) is 0 Å². The molecule has 0 fully saturated rings. The van der Waals surface area contributed by atoms with Crippen LogP contribution in [-0.4, -0.2) is 27.5 Å². The molecule has 3 aromatic rings. The number of carboxylic acids is 1. The van der Waals surface area contributed by atoms with Crippen LogP contribution in [-0.2, 0) is 22.7 Å². The SMILES string of the molecule is Cc1ccc(C(=O)c2cccn2C/C=C/c2cccc(CO[C@H](C)C(=O)O)c2)cc1. The average Bonchev–Trinajstić information content (AvgIpc) is 3.21. The van der Waals surface area contributed by atoms with Crippen molar-refractivity contribution < 1.29 is 19.4 Å². The molecule has 5 nitrogen and oxygen atoms in total. The molecule has 3 rings (SSSR count). The predicted octanol–water partition coefficient (Wildman–Crippen LogP) is 4.73. The van der Waals surface area contributed by atoms with Crippen molar-refractivity contribution in [1.29, 1.82) is 0 Å². The number of carbonyl (C=O) groups is 2.